The van der Waals surface area contributed by atoms with Gasteiger partial charge in [0.15, 0.2) is 0 Å². The summed E-state index contributed by atoms with van der Waals surface area (Å²) in [5.74, 6) is 1.33. The third-order valence-electron chi connectivity index (χ3n) is 4.61. The Labute approximate surface area is 119 Å². The standard InChI is InChI=1S/C16H32N2O/c1-7-9-10-14-16(19)18(13(6)12(5)8-2)15(17-14)11(3)4/h11-15,17H,7-10H2,1-6H3. The van der Waals surface area contributed by atoms with Crippen molar-refractivity contribution < 1.29 is 4.79 Å². The maximum atomic E-state index is 12.7. The van der Waals surface area contributed by atoms with Crippen molar-refractivity contribution in [3.63, 3.8) is 0 Å². The molecule has 1 rings (SSSR count). The van der Waals surface area contributed by atoms with Crippen LogP contribution in [0.5, 0.6) is 0 Å². The third kappa shape index (κ3) is 3.71. The van der Waals surface area contributed by atoms with E-state index in [4.69, 9.17) is 0 Å². The Bertz CT molecular complexity index is 290. The molecule has 1 amide bonds. The second-order valence-corrected chi connectivity index (χ2v) is 6.42. The van der Waals surface area contributed by atoms with Crippen LogP contribution in [-0.4, -0.2) is 29.1 Å². The van der Waals surface area contributed by atoms with Crippen molar-refractivity contribution >= 4 is 5.91 Å². The molecule has 1 N–H and O–H groups in total. The molecule has 0 saturated carbocycles. The van der Waals surface area contributed by atoms with Gasteiger partial charge in [-0.25, -0.2) is 0 Å². The lowest BCUT2D eigenvalue weighted by molar-refractivity contribution is -0.133. The first-order valence-electron chi connectivity index (χ1n) is 8.02. The summed E-state index contributed by atoms with van der Waals surface area (Å²) in [4.78, 5) is 14.8. The number of nitrogens with one attached hydrogen (secondary N) is 1. The van der Waals surface area contributed by atoms with Crippen molar-refractivity contribution in [1.29, 1.82) is 0 Å². The van der Waals surface area contributed by atoms with Crippen molar-refractivity contribution in [1.82, 2.24) is 10.2 Å². The van der Waals surface area contributed by atoms with Gasteiger partial charge in [0.2, 0.25) is 5.91 Å². The first-order valence-corrected chi connectivity index (χ1v) is 8.02. The predicted molar refractivity (Wildman–Crippen MR) is 80.8 cm³/mol. The summed E-state index contributed by atoms with van der Waals surface area (Å²) in [7, 11) is 0. The first-order chi connectivity index (χ1) is 8.93. The van der Waals surface area contributed by atoms with Crippen molar-refractivity contribution in [3.05, 3.63) is 0 Å². The van der Waals surface area contributed by atoms with Gasteiger partial charge in [0.05, 0.1) is 12.2 Å². The summed E-state index contributed by atoms with van der Waals surface area (Å²) < 4.78 is 0. The molecule has 1 aliphatic heterocycles. The molecule has 4 atom stereocenters. The topological polar surface area (TPSA) is 32.3 Å². The Balaban J connectivity index is 2.82. The lowest BCUT2D eigenvalue weighted by atomic mass is 9.97. The van der Waals surface area contributed by atoms with Gasteiger partial charge in [-0.1, -0.05) is 53.9 Å². The third-order valence-corrected chi connectivity index (χ3v) is 4.61. The van der Waals surface area contributed by atoms with E-state index in [0.29, 0.717) is 23.8 Å². The lowest BCUT2D eigenvalue weighted by Gasteiger charge is -2.35. The minimum atomic E-state index is 0.0406. The Morgan fingerprint density at radius 2 is 1.84 bits per heavy atom. The summed E-state index contributed by atoms with van der Waals surface area (Å²) in [5.41, 5.74) is 0. The summed E-state index contributed by atoms with van der Waals surface area (Å²) in [6.45, 7) is 13.2. The van der Waals surface area contributed by atoms with Gasteiger partial charge in [-0.2, -0.15) is 0 Å². The van der Waals surface area contributed by atoms with Crippen LogP contribution in [0.1, 0.15) is 67.2 Å². The highest BCUT2D eigenvalue weighted by atomic mass is 16.2. The van der Waals surface area contributed by atoms with E-state index >= 15 is 0 Å². The summed E-state index contributed by atoms with van der Waals surface area (Å²) in [5, 5.41) is 3.56. The van der Waals surface area contributed by atoms with E-state index < -0.39 is 0 Å². The zero-order chi connectivity index (χ0) is 14.6. The van der Waals surface area contributed by atoms with Crippen LogP contribution in [0.3, 0.4) is 0 Å². The number of unbranched alkanes of at least 4 members (excludes halogenated alkanes) is 1. The average Bonchev–Trinajstić information content (AvgIpc) is 2.72. The Hall–Kier alpha value is -0.570. The normalized spacial score (nSPS) is 27.1. The van der Waals surface area contributed by atoms with Crippen LogP contribution >= 0.6 is 0 Å². The molecule has 3 nitrogen and oxygen atoms in total. The molecule has 1 fully saturated rings. The fraction of sp³-hybridized carbons (Fsp3) is 0.938. The monoisotopic (exact) mass is 268 g/mol. The largest absolute Gasteiger partial charge is 0.323 e. The molecule has 0 aromatic rings. The number of hydrogen-bond donors (Lipinski definition) is 1. The van der Waals surface area contributed by atoms with E-state index in [9.17, 15) is 4.79 Å². The molecule has 0 spiro atoms. The molecule has 0 bridgehead atoms. The van der Waals surface area contributed by atoms with Crippen molar-refractivity contribution in [2.24, 2.45) is 11.8 Å². The second kappa shape index (κ2) is 7.28. The fourth-order valence-electron chi connectivity index (χ4n) is 2.87. The smallest absolute Gasteiger partial charge is 0.241 e. The maximum Gasteiger partial charge on any atom is 0.241 e. The second-order valence-electron chi connectivity index (χ2n) is 6.42. The van der Waals surface area contributed by atoms with Crippen LogP contribution in [-0.2, 0) is 4.79 Å². The molecule has 1 saturated heterocycles. The van der Waals surface area contributed by atoms with Crippen LogP contribution in [0, 0.1) is 11.8 Å². The predicted octanol–water partition coefficient (Wildman–Crippen LogP) is 3.39. The highest BCUT2D eigenvalue weighted by Crippen LogP contribution is 2.26. The van der Waals surface area contributed by atoms with Crippen LogP contribution in [0.15, 0.2) is 0 Å². The average molecular weight is 268 g/mol. The van der Waals surface area contributed by atoms with Gasteiger partial charge in [-0.05, 0) is 25.2 Å². The maximum absolute atomic E-state index is 12.7. The van der Waals surface area contributed by atoms with Gasteiger partial charge in [0, 0.05) is 6.04 Å². The number of amides is 1. The first kappa shape index (κ1) is 16.5. The number of rotatable bonds is 7. The Morgan fingerprint density at radius 1 is 1.21 bits per heavy atom. The van der Waals surface area contributed by atoms with Crippen LogP contribution in [0.25, 0.3) is 0 Å². The molecule has 112 valence electrons. The fourth-order valence-corrected chi connectivity index (χ4v) is 2.87. The molecular formula is C16H32N2O. The number of hydrogen-bond acceptors (Lipinski definition) is 2. The molecule has 1 heterocycles. The van der Waals surface area contributed by atoms with E-state index in [1.165, 1.54) is 0 Å². The van der Waals surface area contributed by atoms with Crippen molar-refractivity contribution in [2.75, 3.05) is 0 Å². The molecular weight excluding hydrogens is 236 g/mol. The van der Waals surface area contributed by atoms with Gasteiger partial charge >= 0.3 is 0 Å². The van der Waals surface area contributed by atoms with E-state index in [2.05, 4.69) is 51.8 Å². The van der Waals surface area contributed by atoms with E-state index in [-0.39, 0.29) is 12.2 Å². The lowest BCUT2D eigenvalue weighted by Crippen LogP contribution is -2.48. The number of carbonyl (C=O) groups excluding carboxylic acids is 1. The van der Waals surface area contributed by atoms with E-state index in [1.54, 1.807) is 0 Å². The molecule has 0 aliphatic carbocycles. The molecule has 0 aromatic heterocycles. The number of carbonyl (C=O) groups is 1. The highest BCUT2D eigenvalue weighted by molar-refractivity contribution is 5.84. The van der Waals surface area contributed by atoms with Crippen LogP contribution in [0.2, 0.25) is 0 Å². The zero-order valence-electron chi connectivity index (χ0n) is 13.6. The molecule has 1 aliphatic rings. The number of nitrogens with zero attached hydrogens (tertiary/aromatic N) is 1. The summed E-state index contributed by atoms with van der Waals surface area (Å²) in [6, 6.07) is 0.364. The molecule has 19 heavy (non-hydrogen) atoms. The van der Waals surface area contributed by atoms with Gasteiger partial charge in [0.1, 0.15) is 0 Å². The minimum Gasteiger partial charge on any atom is -0.323 e. The van der Waals surface area contributed by atoms with Gasteiger partial charge in [0.25, 0.3) is 0 Å². The van der Waals surface area contributed by atoms with Gasteiger partial charge in [-0.3, -0.25) is 10.1 Å². The molecule has 3 heteroatoms. The Kier molecular flexibility index (Phi) is 6.31. The van der Waals surface area contributed by atoms with Crippen molar-refractivity contribution in [2.45, 2.75) is 85.5 Å². The summed E-state index contributed by atoms with van der Waals surface area (Å²) >= 11 is 0. The van der Waals surface area contributed by atoms with Crippen LogP contribution in [0.4, 0.5) is 0 Å². The zero-order valence-corrected chi connectivity index (χ0v) is 13.6. The molecule has 0 radical (unpaired) electrons. The van der Waals surface area contributed by atoms with E-state index in [0.717, 1.165) is 25.7 Å². The quantitative estimate of drug-likeness (QED) is 0.767. The molecule has 0 aromatic carbocycles. The van der Waals surface area contributed by atoms with Crippen LogP contribution < -0.4 is 5.32 Å². The van der Waals surface area contributed by atoms with Crippen molar-refractivity contribution in [3.8, 4) is 0 Å². The SMILES string of the molecule is CCCCC1NC(C(C)C)N(C(C)C(C)CC)C1=O. The minimum absolute atomic E-state index is 0.0406. The molecule has 4 unspecified atom stereocenters. The summed E-state index contributed by atoms with van der Waals surface area (Å²) in [6.07, 6.45) is 4.58. The Morgan fingerprint density at radius 3 is 2.32 bits per heavy atom. The highest BCUT2D eigenvalue weighted by Gasteiger charge is 2.42. The van der Waals surface area contributed by atoms with E-state index in [1.807, 2.05) is 0 Å². The van der Waals surface area contributed by atoms with Gasteiger partial charge in [-0.15, -0.1) is 0 Å². The van der Waals surface area contributed by atoms with Gasteiger partial charge < -0.3 is 4.90 Å².